The van der Waals surface area contributed by atoms with Crippen LogP contribution in [0.4, 0.5) is 0 Å². The molecule has 0 aliphatic heterocycles. The van der Waals surface area contributed by atoms with Crippen LogP contribution in [0.15, 0.2) is 42.5 Å². The Morgan fingerprint density at radius 2 is 1.62 bits per heavy atom. The van der Waals surface area contributed by atoms with Crippen LogP contribution in [0.5, 0.6) is 5.75 Å². The summed E-state index contributed by atoms with van der Waals surface area (Å²) in [5, 5.41) is 13.1. The molecule has 0 amide bonds. The third kappa shape index (κ3) is 3.41. The fourth-order valence-electron chi connectivity index (χ4n) is 7.37. The maximum atomic E-state index is 11.7. The summed E-state index contributed by atoms with van der Waals surface area (Å²) in [6.07, 6.45) is 4.93. The Labute approximate surface area is 197 Å². The molecule has 5 atom stereocenters. The first-order valence-corrected chi connectivity index (χ1v) is 15.2. The van der Waals surface area contributed by atoms with Crippen molar-refractivity contribution in [2.75, 3.05) is 0 Å². The molecule has 2 aromatic carbocycles. The van der Waals surface area contributed by atoms with Gasteiger partial charge in [-0.25, -0.2) is 0 Å². The highest BCUT2D eigenvalue weighted by molar-refractivity contribution is 6.93. The Kier molecular flexibility index (Phi) is 5.99. The second-order valence-corrected chi connectivity index (χ2v) is 16.6. The Hall–Kier alpha value is -1.80. The predicted octanol–water partition coefficient (Wildman–Crippen LogP) is 7.78. The molecule has 1 N–H and O–H groups in total. The molecule has 1 nitrogen and oxygen atoms in total. The zero-order valence-electron chi connectivity index (χ0n) is 21.4. The van der Waals surface area contributed by atoms with E-state index in [1.165, 1.54) is 28.4 Å². The zero-order valence-corrected chi connectivity index (χ0v) is 22.4. The van der Waals surface area contributed by atoms with Gasteiger partial charge in [-0.2, -0.15) is 0 Å². The Morgan fingerprint density at radius 1 is 0.969 bits per heavy atom. The minimum Gasteiger partial charge on any atom is -0.508 e. The summed E-state index contributed by atoms with van der Waals surface area (Å²) in [5.41, 5.74) is 5.94. The molecule has 0 heterocycles. The molecule has 2 heteroatoms. The number of rotatable bonds is 4. The highest BCUT2D eigenvalue weighted by Crippen LogP contribution is 2.61. The van der Waals surface area contributed by atoms with Gasteiger partial charge in [-0.3, -0.25) is 0 Å². The average molecular weight is 447 g/mol. The fraction of sp³-hybridized carbons (Fsp3) is 0.533. The van der Waals surface area contributed by atoms with Crippen molar-refractivity contribution in [3.05, 3.63) is 64.7 Å². The van der Waals surface area contributed by atoms with Gasteiger partial charge in [-0.15, -0.1) is 0 Å². The molecule has 0 bridgehead atoms. The van der Waals surface area contributed by atoms with Crippen LogP contribution < -0.4 is 5.19 Å². The largest absolute Gasteiger partial charge is 0.508 e. The highest BCUT2D eigenvalue weighted by atomic mass is 28.3. The zero-order chi connectivity index (χ0) is 23.4. The predicted molar refractivity (Wildman–Crippen MR) is 142 cm³/mol. The molecule has 0 spiro atoms. The molecule has 172 valence electrons. The molecular formula is C30H42OSi. The van der Waals surface area contributed by atoms with E-state index < -0.39 is 8.07 Å². The monoisotopic (exact) mass is 446 g/mol. The minimum atomic E-state index is -2.01. The quantitative estimate of drug-likeness (QED) is 0.475. The van der Waals surface area contributed by atoms with Gasteiger partial charge in [0.25, 0.3) is 0 Å². The summed E-state index contributed by atoms with van der Waals surface area (Å²) in [4.78, 5) is 0. The summed E-state index contributed by atoms with van der Waals surface area (Å²) in [6.45, 7) is 18.7. The van der Waals surface area contributed by atoms with Gasteiger partial charge >= 0.3 is 0 Å². The van der Waals surface area contributed by atoms with Crippen LogP contribution in [0, 0.1) is 24.7 Å². The number of aryl methyl sites for hydroxylation is 1. The van der Waals surface area contributed by atoms with Gasteiger partial charge in [-0.05, 0) is 63.4 Å². The van der Waals surface area contributed by atoms with Crippen LogP contribution in [0.1, 0.15) is 76.6 Å². The SMILES string of the molecule is CC[Si](CC)(c1cc(C)cc(C(C)(C)C)c1O)C1C(C)C(C)C2c3ccccc3C=CC21. The van der Waals surface area contributed by atoms with Crippen molar-refractivity contribution in [2.24, 2.45) is 17.8 Å². The van der Waals surface area contributed by atoms with Crippen molar-refractivity contribution >= 4 is 19.3 Å². The number of hydrogen-bond acceptors (Lipinski definition) is 1. The summed E-state index contributed by atoms with van der Waals surface area (Å²) in [7, 11) is -2.01. The van der Waals surface area contributed by atoms with Gasteiger partial charge in [0.15, 0.2) is 0 Å². The van der Waals surface area contributed by atoms with Crippen molar-refractivity contribution in [3.8, 4) is 5.75 Å². The van der Waals surface area contributed by atoms with Crippen LogP contribution in [-0.4, -0.2) is 13.2 Å². The molecule has 0 aromatic heterocycles. The van der Waals surface area contributed by atoms with Crippen molar-refractivity contribution in [1.29, 1.82) is 0 Å². The summed E-state index contributed by atoms with van der Waals surface area (Å²) in [6, 6.07) is 16.0. The first-order chi connectivity index (χ1) is 15.1. The van der Waals surface area contributed by atoms with Crippen LogP contribution in [0.3, 0.4) is 0 Å². The van der Waals surface area contributed by atoms with Crippen molar-refractivity contribution in [3.63, 3.8) is 0 Å². The summed E-state index contributed by atoms with van der Waals surface area (Å²) in [5.74, 6) is 3.05. The lowest BCUT2D eigenvalue weighted by Crippen LogP contribution is -2.54. The van der Waals surface area contributed by atoms with Crippen LogP contribution in [0.2, 0.25) is 17.6 Å². The molecule has 5 unspecified atom stereocenters. The van der Waals surface area contributed by atoms with E-state index in [0.29, 0.717) is 35.0 Å². The lowest BCUT2D eigenvalue weighted by atomic mass is 9.77. The van der Waals surface area contributed by atoms with E-state index >= 15 is 0 Å². The Bertz CT molecular complexity index is 1020. The van der Waals surface area contributed by atoms with E-state index in [4.69, 9.17) is 0 Å². The summed E-state index contributed by atoms with van der Waals surface area (Å²) >= 11 is 0. The maximum absolute atomic E-state index is 11.7. The number of benzene rings is 2. The van der Waals surface area contributed by atoms with E-state index in [1.54, 1.807) is 5.56 Å². The van der Waals surface area contributed by atoms with Gasteiger partial charge in [0.05, 0.1) is 8.07 Å². The molecule has 0 saturated heterocycles. The number of hydrogen-bond donors (Lipinski definition) is 1. The van der Waals surface area contributed by atoms with Gasteiger partial charge in [0, 0.05) is 0 Å². The van der Waals surface area contributed by atoms with Crippen molar-refractivity contribution in [1.82, 2.24) is 0 Å². The molecule has 2 aliphatic rings. The number of allylic oxidation sites excluding steroid dienone is 1. The van der Waals surface area contributed by atoms with E-state index in [1.807, 2.05) is 0 Å². The maximum Gasteiger partial charge on any atom is 0.118 e. The first kappa shape index (κ1) is 23.4. The molecule has 2 aromatic rings. The van der Waals surface area contributed by atoms with Gasteiger partial charge in [-0.1, -0.05) is 115 Å². The van der Waals surface area contributed by atoms with Crippen LogP contribution in [-0.2, 0) is 5.41 Å². The van der Waals surface area contributed by atoms with Crippen molar-refractivity contribution in [2.45, 2.75) is 84.4 Å². The third-order valence-corrected chi connectivity index (χ3v) is 15.3. The molecule has 1 fully saturated rings. The fourth-order valence-corrected chi connectivity index (χ4v) is 13.4. The van der Waals surface area contributed by atoms with Gasteiger partial charge < -0.3 is 5.11 Å². The van der Waals surface area contributed by atoms with E-state index in [0.717, 1.165) is 5.56 Å². The van der Waals surface area contributed by atoms with Gasteiger partial charge in [0.1, 0.15) is 5.75 Å². The van der Waals surface area contributed by atoms with Crippen LogP contribution >= 0.6 is 0 Å². The normalized spacial score (nSPS) is 27.3. The number of fused-ring (bicyclic) bond motifs is 3. The lowest BCUT2D eigenvalue weighted by Gasteiger charge is -2.43. The molecule has 4 rings (SSSR count). The number of phenols is 1. The third-order valence-electron chi connectivity index (χ3n) is 9.14. The molecular weight excluding hydrogens is 404 g/mol. The van der Waals surface area contributed by atoms with Gasteiger partial charge in [0.2, 0.25) is 0 Å². The molecule has 32 heavy (non-hydrogen) atoms. The minimum absolute atomic E-state index is 0.0622. The number of phenolic OH excluding ortho intramolecular Hbond substituents is 1. The lowest BCUT2D eigenvalue weighted by molar-refractivity contribution is 0.415. The van der Waals surface area contributed by atoms with E-state index in [-0.39, 0.29) is 5.41 Å². The number of aromatic hydroxyl groups is 1. The first-order valence-electron chi connectivity index (χ1n) is 12.7. The van der Waals surface area contributed by atoms with Crippen molar-refractivity contribution < 1.29 is 5.11 Å². The molecule has 2 aliphatic carbocycles. The second kappa shape index (κ2) is 8.20. The average Bonchev–Trinajstić information content (AvgIpc) is 3.02. The van der Waals surface area contributed by atoms with E-state index in [2.05, 4.69) is 104 Å². The standard InChI is InChI=1S/C30H42OSi/c1-9-32(10-2,26-18-19(3)17-25(28(26)31)30(6,7)8)29-21(5)20(4)27-23-14-12-11-13-22(23)15-16-24(27)29/h11-18,20-21,24,27,29,31H,9-10H2,1-8H3. The van der Waals surface area contributed by atoms with Crippen LogP contribution in [0.25, 0.3) is 6.08 Å². The smallest absolute Gasteiger partial charge is 0.118 e. The molecule has 1 saturated carbocycles. The highest BCUT2D eigenvalue weighted by Gasteiger charge is 2.56. The second-order valence-electron chi connectivity index (χ2n) is 11.7. The van der Waals surface area contributed by atoms with E-state index in [9.17, 15) is 5.11 Å². The molecule has 0 radical (unpaired) electrons. The Morgan fingerprint density at radius 3 is 2.25 bits per heavy atom. The summed E-state index contributed by atoms with van der Waals surface area (Å²) < 4.78 is 0. The Balaban J connectivity index is 1.92. The topological polar surface area (TPSA) is 20.2 Å².